The van der Waals surface area contributed by atoms with Gasteiger partial charge < -0.3 is 19.5 Å². The summed E-state index contributed by atoms with van der Waals surface area (Å²) < 4.78 is 74.2. The Morgan fingerprint density at radius 2 is 1.70 bits per heavy atom. The SMILES string of the molecule is CCOc1cc(-c2ccc(CC(=O)Nc3cc(-c4cnn(C)c4)cc(C(F)(F)F)c3)c(F)c2)cnc1OCc1ccc(OC)cc1. The maximum atomic E-state index is 15.2. The number of amides is 1. The molecule has 0 saturated heterocycles. The zero-order chi connectivity index (χ0) is 32.8. The van der Waals surface area contributed by atoms with Gasteiger partial charge in [0, 0.05) is 36.3 Å². The van der Waals surface area contributed by atoms with Crippen molar-refractivity contribution >= 4 is 11.6 Å². The second-order valence-electron chi connectivity index (χ2n) is 10.3. The lowest BCUT2D eigenvalue weighted by atomic mass is 10.0. The highest BCUT2D eigenvalue weighted by molar-refractivity contribution is 5.93. The maximum absolute atomic E-state index is 15.2. The van der Waals surface area contributed by atoms with Crippen LogP contribution >= 0.6 is 0 Å². The van der Waals surface area contributed by atoms with Crippen LogP contribution in [0.1, 0.15) is 23.6 Å². The molecule has 3 aromatic carbocycles. The van der Waals surface area contributed by atoms with Gasteiger partial charge in [-0.05, 0) is 71.6 Å². The molecule has 238 valence electrons. The van der Waals surface area contributed by atoms with Gasteiger partial charge >= 0.3 is 6.18 Å². The Hall–Kier alpha value is -5.39. The van der Waals surface area contributed by atoms with Crippen LogP contribution in [0, 0.1) is 5.82 Å². The number of methoxy groups -OCH3 is 1. The van der Waals surface area contributed by atoms with Gasteiger partial charge in [-0.1, -0.05) is 24.3 Å². The summed E-state index contributed by atoms with van der Waals surface area (Å²) in [5.74, 6) is 0.0408. The molecule has 0 spiro atoms. The minimum atomic E-state index is -4.64. The molecule has 0 fully saturated rings. The second kappa shape index (κ2) is 13.7. The number of nitrogens with one attached hydrogen (secondary N) is 1. The largest absolute Gasteiger partial charge is 0.497 e. The van der Waals surface area contributed by atoms with Gasteiger partial charge in [-0.15, -0.1) is 0 Å². The number of ether oxygens (including phenoxy) is 3. The van der Waals surface area contributed by atoms with E-state index in [2.05, 4.69) is 15.4 Å². The summed E-state index contributed by atoms with van der Waals surface area (Å²) in [5, 5.41) is 6.47. The first-order chi connectivity index (χ1) is 22.0. The van der Waals surface area contributed by atoms with Crippen molar-refractivity contribution in [3.8, 4) is 39.6 Å². The molecule has 0 aliphatic heterocycles. The number of benzene rings is 3. The van der Waals surface area contributed by atoms with Crippen molar-refractivity contribution in [3.05, 3.63) is 108 Å². The predicted molar refractivity (Wildman–Crippen MR) is 164 cm³/mol. The Morgan fingerprint density at radius 1 is 0.913 bits per heavy atom. The minimum absolute atomic E-state index is 0.0677. The van der Waals surface area contributed by atoms with Gasteiger partial charge in [-0.3, -0.25) is 9.48 Å². The Bertz CT molecular complexity index is 1840. The summed E-state index contributed by atoms with van der Waals surface area (Å²) in [7, 11) is 3.23. The summed E-state index contributed by atoms with van der Waals surface area (Å²) >= 11 is 0. The zero-order valence-electron chi connectivity index (χ0n) is 25.2. The van der Waals surface area contributed by atoms with Gasteiger partial charge in [0.25, 0.3) is 5.88 Å². The lowest BCUT2D eigenvalue weighted by Crippen LogP contribution is -2.16. The third-order valence-corrected chi connectivity index (χ3v) is 6.97. The molecule has 2 heterocycles. The van der Waals surface area contributed by atoms with Crippen molar-refractivity contribution in [1.82, 2.24) is 14.8 Å². The van der Waals surface area contributed by atoms with Gasteiger partial charge in [0.1, 0.15) is 18.2 Å². The van der Waals surface area contributed by atoms with Crippen molar-refractivity contribution in [2.24, 2.45) is 7.05 Å². The van der Waals surface area contributed by atoms with Crippen LogP contribution in [0.15, 0.2) is 85.3 Å². The molecule has 0 saturated carbocycles. The number of rotatable bonds is 11. The van der Waals surface area contributed by atoms with E-state index in [-0.39, 0.29) is 29.3 Å². The fourth-order valence-corrected chi connectivity index (χ4v) is 4.68. The van der Waals surface area contributed by atoms with Gasteiger partial charge in [0.05, 0.1) is 31.9 Å². The number of hydrogen-bond donors (Lipinski definition) is 1. The highest BCUT2D eigenvalue weighted by Crippen LogP contribution is 2.35. The number of pyridine rings is 1. The molecule has 5 rings (SSSR count). The molecule has 0 radical (unpaired) electrons. The number of carbonyl (C=O) groups is 1. The summed E-state index contributed by atoms with van der Waals surface area (Å²) in [4.78, 5) is 17.2. The van der Waals surface area contributed by atoms with Gasteiger partial charge in [-0.25, -0.2) is 9.37 Å². The molecule has 0 unspecified atom stereocenters. The van der Waals surface area contributed by atoms with E-state index in [1.54, 1.807) is 32.5 Å². The summed E-state index contributed by atoms with van der Waals surface area (Å²) in [6.45, 7) is 2.41. The molecule has 1 amide bonds. The molecule has 0 atom stereocenters. The number of carbonyl (C=O) groups excluding carboxylic acids is 1. The Balaban J connectivity index is 1.30. The minimum Gasteiger partial charge on any atom is -0.497 e. The maximum Gasteiger partial charge on any atom is 0.416 e. The van der Waals surface area contributed by atoms with E-state index >= 15 is 4.39 Å². The van der Waals surface area contributed by atoms with Crippen LogP contribution in [0.3, 0.4) is 0 Å². The first kappa shape index (κ1) is 32.0. The molecule has 2 aromatic heterocycles. The number of alkyl halides is 3. The fraction of sp³-hybridized carbons (Fsp3) is 0.206. The number of aromatic nitrogens is 3. The van der Waals surface area contributed by atoms with E-state index in [0.717, 1.165) is 23.4 Å². The van der Waals surface area contributed by atoms with E-state index in [0.29, 0.717) is 29.0 Å². The molecule has 0 aliphatic rings. The smallest absolute Gasteiger partial charge is 0.416 e. The Morgan fingerprint density at radius 3 is 2.35 bits per heavy atom. The molecule has 8 nitrogen and oxygen atoms in total. The summed E-state index contributed by atoms with van der Waals surface area (Å²) in [6.07, 6.45) is -0.523. The molecular weight excluding hydrogens is 604 g/mol. The first-order valence-electron chi connectivity index (χ1n) is 14.2. The molecule has 46 heavy (non-hydrogen) atoms. The van der Waals surface area contributed by atoms with Crippen molar-refractivity contribution in [1.29, 1.82) is 0 Å². The Labute approximate surface area is 262 Å². The van der Waals surface area contributed by atoms with Crippen LogP contribution in [-0.2, 0) is 31.0 Å². The van der Waals surface area contributed by atoms with Gasteiger partial charge in [-0.2, -0.15) is 18.3 Å². The number of aryl methyl sites for hydroxylation is 1. The van der Waals surface area contributed by atoms with E-state index in [1.165, 1.54) is 35.3 Å². The van der Waals surface area contributed by atoms with Gasteiger partial charge in [0.2, 0.25) is 5.91 Å². The average molecular weight is 635 g/mol. The fourth-order valence-electron chi connectivity index (χ4n) is 4.68. The van der Waals surface area contributed by atoms with E-state index in [4.69, 9.17) is 14.2 Å². The van der Waals surface area contributed by atoms with Crippen molar-refractivity contribution in [2.45, 2.75) is 26.1 Å². The third kappa shape index (κ3) is 7.81. The van der Waals surface area contributed by atoms with Crippen molar-refractivity contribution < 1.29 is 36.6 Å². The predicted octanol–water partition coefficient (Wildman–Crippen LogP) is 7.47. The van der Waals surface area contributed by atoms with Crippen LogP contribution in [0.5, 0.6) is 17.4 Å². The monoisotopic (exact) mass is 634 g/mol. The second-order valence-corrected chi connectivity index (χ2v) is 10.3. The molecular formula is C34H30F4N4O4. The molecule has 1 N–H and O–H groups in total. The van der Waals surface area contributed by atoms with Crippen LogP contribution < -0.4 is 19.5 Å². The standard InChI is InChI=1S/C34H30F4N4O4/c1-4-45-31-14-25(17-39-33(31)46-20-21-5-9-29(44-3)10-6-21)22-7-8-23(30(35)13-22)15-32(43)41-28-12-24(26-18-40-42(2)19-26)11-27(16-28)34(36,37)38/h5-14,16-19H,4,15,20H2,1-3H3,(H,41,43). The highest BCUT2D eigenvalue weighted by atomic mass is 19.4. The van der Waals surface area contributed by atoms with Crippen molar-refractivity contribution in [3.63, 3.8) is 0 Å². The average Bonchev–Trinajstić information content (AvgIpc) is 3.47. The van der Waals surface area contributed by atoms with Crippen LogP contribution in [0.2, 0.25) is 0 Å². The van der Waals surface area contributed by atoms with Crippen molar-refractivity contribution in [2.75, 3.05) is 19.0 Å². The number of halogens is 4. The van der Waals surface area contributed by atoms with Crippen LogP contribution in [0.25, 0.3) is 22.3 Å². The lowest BCUT2D eigenvalue weighted by molar-refractivity contribution is -0.137. The molecule has 0 aliphatic carbocycles. The molecule has 5 aromatic rings. The van der Waals surface area contributed by atoms with Gasteiger partial charge in [0.15, 0.2) is 5.75 Å². The quantitative estimate of drug-likeness (QED) is 0.152. The highest BCUT2D eigenvalue weighted by Gasteiger charge is 2.31. The topological polar surface area (TPSA) is 87.5 Å². The van der Waals surface area contributed by atoms with E-state index < -0.39 is 29.9 Å². The first-order valence-corrected chi connectivity index (χ1v) is 14.2. The number of anilines is 1. The van der Waals surface area contributed by atoms with Crippen LogP contribution in [-0.4, -0.2) is 34.4 Å². The normalized spacial score (nSPS) is 11.3. The van der Waals surface area contributed by atoms with Crippen LogP contribution in [0.4, 0.5) is 23.2 Å². The zero-order valence-corrected chi connectivity index (χ0v) is 25.2. The Kier molecular flexibility index (Phi) is 9.55. The molecule has 12 heteroatoms. The van der Waals surface area contributed by atoms with E-state index in [9.17, 15) is 18.0 Å². The number of nitrogens with zero attached hydrogens (tertiary/aromatic N) is 3. The third-order valence-electron chi connectivity index (χ3n) is 6.97. The summed E-state index contributed by atoms with van der Waals surface area (Å²) in [6, 6.07) is 16.7. The summed E-state index contributed by atoms with van der Waals surface area (Å²) in [5.41, 5.74) is 1.68. The number of hydrogen-bond acceptors (Lipinski definition) is 6. The molecule has 0 bridgehead atoms. The van der Waals surface area contributed by atoms with E-state index in [1.807, 2.05) is 31.2 Å². The lowest BCUT2D eigenvalue weighted by Gasteiger charge is -2.14.